The molecular weight excluding hydrogens is 180 g/mol. The highest BCUT2D eigenvalue weighted by Crippen LogP contribution is 2.09. The van der Waals surface area contributed by atoms with Gasteiger partial charge in [0.1, 0.15) is 0 Å². The summed E-state index contributed by atoms with van der Waals surface area (Å²) < 4.78 is 0. The van der Waals surface area contributed by atoms with E-state index in [4.69, 9.17) is 5.73 Å². The Morgan fingerprint density at radius 1 is 1.43 bits per heavy atom. The normalized spacial score (nSPS) is 17.5. The van der Waals surface area contributed by atoms with Crippen molar-refractivity contribution in [1.29, 1.82) is 0 Å². The van der Waals surface area contributed by atoms with Crippen LogP contribution >= 0.6 is 0 Å². The van der Waals surface area contributed by atoms with Gasteiger partial charge in [-0.05, 0) is 13.5 Å². The zero-order chi connectivity index (χ0) is 10.1. The van der Waals surface area contributed by atoms with Crippen molar-refractivity contribution in [3.05, 3.63) is 21.6 Å². The number of nitrogens with two attached hydrogens (primary N) is 1. The van der Waals surface area contributed by atoms with Gasteiger partial charge in [-0.1, -0.05) is 0 Å². The molecule has 0 unspecified atom stereocenters. The van der Waals surface area contributed by atoms with Crippen LogP contribution < -0.4 is 11.3 Å². The van der Waals surface area contributed by atoms with Crippen LogP contribution in [0.5, 0.6) is 0 Å². The van der Waals surface area contributed by atoms with E-state index in [1.165, 1.54) is 0 Å². The van der Waals surface area contributed by atoms with Crippen molar-refractivity contribution in [3.8, 4) is 0 Å². The second kappa shape index (κ2) is 3.42. The van der Waals surface area contributed by atoms with Crippen molar-refractivity contribution in [2.24, 2.45) is 0 Å². The number of likely N-dealkylation sites (N-methyl/N-ethyl adjacent to an activating group) is 1. The molecule has 0 aromatic carbocycles. The fourth-order valence-corrected chi connectivity index (χ4v) is 1.74. The Balaban J connectivity index is 2.45. The van der Waals surface area contributed by atoms with Crippen LogP contribution in [-0.2, 0) is 12.8 Å². The second-order valence-corrected chi connectivity index (χ2v) is 3.68. The lowest BCUT2D eigenvalue weighted by molar-refractivity contribution is 0.352. The first-order chi connectivity index (χ1) is 6.66. The average molecular weight is 194 g/mol. The molecule has 2 heterocycles. The minimum absolute atomic E-state index is 0.0807. The van der Waals surface area contributed by atoms with E-state index in [0.717, 1.165) is 37.2 Å². The molecule has 5 heteroatoms. The van der Waals surface area contributed by atoms with Gasteiger partial charge in [0.05, 0.1) is 5.69 Å². The third-order valence-corrected chi connectivity index (χ3v) is 2.59. The maximum absolute atomic E-state index is 11.6. The summed E-state index contributed by atoms with van der Waals surface area (Å²) >= 11 is 0. The second-order valence-electron chi connectivity index (χ2n) is 3.68. The fourth-order valence-electron chi connectivity index (χ4n) is 1.74. The van der Waals surface area contributed by atoms with E-state index in [0.29, 0.717) is 0 Å². The van der Waals surface area contributed by atoms with Gasteiger partial charge in [0.25, 0.3) is 5.56 Å². The van der Waals surface area contributed by atoms with Crippen molar-refractivity contribution in [3.63, 3.8) is 0 Å². The SMILES string of the molecule is CN1CCc2nc(N)[nH]c(=O)c2CC1. The van der Waals surface area contributed by atoms with Gasteiger partial charge in [0, 0.05) is 25.1 Å². The fraction of sp³-hybridized carbons (Fsp3) is 0.556. The Kier molecular flexibility index (Phi) is 2.25. The summed E-state index contributed by atoms with van der Waals surface area (Å²) in [7, 11) is 2.05. The summed E-state index contributed by atoms with van der Waals surface area (Å²) in [4.78, 5) is 20.4. The zero-order valence-corrected chi connectivity index (χ0v) is 8.21. The monoisotopic (exact) mass is 194 g/mol. The summed E-state index contributed by atoms with van der Waals surface area (Å²) in [6.45, 7) is 1.84. The van der Waals surface area contributed by atoms with E-state index in [9.17, 15) is 4.79 Å². The van der Waals surface area contributed by atoms with Crippen molar-refractivity contribution < 1.29 is 0 Å². The molecule has 1 aromatic heterocycles. The van der Waals surface area contributed by atoms with Crippen LogP contribution in [-0.4, -0.2) is 35.0 Å². The van der Waals surface area contributed by atoms with E-state index >= 15 is 0 Å². The van der Waals surface area contributed by atoms with Crippen LogP contribution in [0.4, 0.5) is 5.95 Å². The Bertz CT molecular complexity index is 398. The number of aromatic nitrogens is 2. The Hall–Kier alpha value is -1.36. The number of hydrogen-bond donors (Lipinski definition) is 2. The minimum atomic E-state index is -0.0807. The van der Waals surface area contributed by atoms with Crippen LogP contribution in [0.15, 0.2) is 4.79 Å². The molecule has 0 amide bonds. The van der Waals surface area contributed by atoms with Crippen LogP contribution in [0.25, 0.3) is 0 Å². The highest BCUT2D eigenvalue weighted by Gasteiger charge is 2.15. The van der Waals surface area contributed by atoms with Crippen molar-refractivity contribution >= 4 is 5.95 Å². The van der Waals surface area contributed by atoms with Crippen LogP contribution in [0.2, 0.25) is 0 Å². The number of H-pyrrole nitrogens is 1. The molecular formula is C9H14N4O. The molecule has 0 saturated heterocycles. The zero-order valence-electron chi connectivity index (χ0n) is 8.21. The standard InChI is InChI=1S/C9H14N4O/c1-13-4-2-6-7(3-5-13)11-9(10)12-8(6)14/h2-5H2,1H3,(H3,10,11,12,14). The molecule has 0 aliphatic carbocycles. The maximum Gasteiger partial charge on any atom is 0.255 e. The Labute approximate surface area is 82.0 Å². The molecule has 5 nitrogen and oxygen atoms in total. The topological polar surface area (TPSA) is 75.0 Å². The van der Waals surface area contributed by atoms with E-state index < -0.39 is 0 Å². The molecule has 0 radical (unpaired) electrons. The first-order valence-electron chi connectivity index (χ1n) is 4.73. The molecule has 0 atom stereocenters. The molecule has 1 aromatic rings. The summed E-state index contributed by atoms with van der Waals surface area (Å²) in [5.74, 6) is 0.221. The predicted molar refractivity (Wildman–Crippen MR) is 54.2 cm³/mol. The largest absolute Gasteiger partial charge is 0.369 e. The number of nitrogen functional groups attached to an aromatic ring is 1. The molecule has 0 fully saturated rings. The molecule has 76 valence electrons. The molecule has 0 bridgehead atoms. The number of rotatable bonds is 0. The molecule has 2 rings (SSSR count). The molecule has 3 N–H and O–H groups in total. The average Bonchev–Trinajstić information content (AvgIpc) is 2.28. The van der Waals surface area contributed by atoms with Crippen LogP contribution in [0, 0.1) is 0 Å². The molecule has 0 spiro atoms. The van der Waals surface area contributed by atoms with Crippen molar-refractivity contribution in [2.45, 2.75) is 12.8 Å². The van der Waals surface area contributed by atoms with Gasteiger partial charge in [0.15, 0.2) is 0 Å². The summed E-state index contributed by atoms with van der Waals surface area (Å²) in [6.07, 6.45) is 1.56. The lowest BCUT2D eigenvalue weighted by Crippen LogP contribution is -2.22. The smallest absolute Gasteiger partial charge is 0.255 e. The lowest BCUT2D eigenvalue weighted by Gasteiger charge is -2.10. The van der Waals surface area contributed by atoms with Gasteiger partial charge in [-0.3, -0.25) is 9.78 Å². The van der Waals surface area contributed by atoms with E-state index in [-0.39, 0.29) is 11.5 Å². The maximum atomic E-state index is 11.6. The number of nitrogens with one attached hydrogen (secondary N) is 1. The Morgan fingerprint density at radius 3 is 2.93 bits per heavy atom. The third-order valence-electron chi connectivity index (χ3n) is 2.59. The van der Waals surface area contributed by atoms with Crippen molar-refractivity contribution in [2.75, 3.05) is 25.9 Å². The quantitative estimate of drug-likeness (QED) is 0.577. The summed E-state index contributed by atoms with van der Waals surface area (Å²) in [5, 5.41) is 0. The third kappa shape index (κ3) is 1.63. The number of nitrogens with zero attached hydrogens (tertiary/aromatic N) is 2. The molecule has 0 saturated carbocycles. The number of anilines is 1. The highest BCUT2D eigenvalue weighted by atomic mass is 16.1. The van der Waals surface area contributed by atoms with Crippen LogP contribution in [0.3, 0.4) is 0 Å². The lowest BCUT2D eigenvalue weighted by atomic mass is 10.1. The summed E-state index contributed by atoms with van der Waals surface area (Å²) in [6, 6.07) is 0. The first-order valence-corrected chi connectivity index (χ1v) is 4.73. The highest BCUT2D eigenvalue weighted by molar-refractivity contribution is 5.26. The van der Waals surface area contributed by atoms with Crippen molar-refractivity contribution in [1.82, 2.24) is 14.9 Å². The van der Waals surface area contributed by atoms with Gasteiger partial charge < -0.3 is 10.6 Å². The van der Waals surface area contributed by atoms with E-state index in [2.05, 4.69) is 14.9 Å². The molecule has 14 heavy (non-hydrogen) atoms. The molecule has 1 aliphatic rings. The predicted octanol–water partition coefficient (Wildman–Crippen LogP) is -0.617. The van der Waals surface area contributed by atoms with Crippen LogP contribution in [0.1, 0.15) is 11.3 Å². The van der Waals surface area contributed by atoms with Gasteiger partial charge in [-0.2, -0.15) is 0 Å². The Morgan fingerprint density at radius 2 is 2.14 bits per heavy atom. The molecule has 1 aliphatic heterocycles. The first kappa shape index (κ1) is 9.21. The number of hydrogen-bond acceptors (Lipinski definition) is 4. The van der Waals surface area contributed by atoms with Gasteiger partial charge >= 0.3 is 0 Å². The van der Waals surface area contributed by atoms with Gasteiger partial charge in [-0.25, -0.2) is 4.98 Å². The number of fused-ring (bicyclic) bond motifs is 1. The van der Waals surface area contributed by atoms with Gasteiger partial charge in [-0.15, -0.1) is 0 Å². The van der Waals surface area contributed by atoms with E-state index in [1.807, 2.05) is 7.05 Å². The minimum Gasteiger partial charge on any atom is -0.369 e. The van der Waals surface area contributed by atoms with E-state index in [1.54, 1.807) is 0 Å². The van der Waals surface area contributed by atoms with Gasteiger partial charge in [0.2, 0.25) is 5.95 Å². The number of aromatic amines is 1. The summed E-state index contributed by atoms with van der Waals surface area (Å²) in [5.41, 5.74) is 7.06.